The lowest BCUT2D eigenvalue weighted by molar-refractivity contribution is 0.267. The van der Waals surface area contributed by atoms with E-state index in [4.69, 9.17) is 21.1 Å². The van der Waals surface area contributed by atoms with Crippen LogP contribution in [-0.2, 0) is 13.2 Å². The maximum absolute atomic E-state index is 13.1. The van der Waals surface area contributed by atoms with Crippen molar-refractivity contribution in [3.05, 3.63) is 69.4 Å². The average Bonchev–Trinajstić information content (AvgIpc) is 2.56. The van der Waals surface area contributed by atoms with E-state index in [9.17, 15) is 4.39 Å². The Balaban J connectivity index is 2.18. The second-order valence-corrected chi connectivity index (χ2v) is 6.54. The van der Waals surface area contributed by atoms with Crippen LogP contribution in [0.15, 0.2) is 47.5 Å². The Morgan fingerprint density at radius 1 is 1.28 bits per heavy atom. The smallest absolute Gasteiger partial charge is 0.175 e. The standard InChI is InChI=1S/C19H20BrClFNO2/c1-3-7-23-11-13-8-16(20)19(18(9-13)24-4-2)25-12-14-5-6-15(22)10-17(14)21/h3,5-6,8-10,23H,1,4,7,11-12H2,2H3. The SMILES string of the molecule is C=CCNCc1cc(Br)c(OCc2ccc(F)cc2Cl)c(OCC)c1. The van der Waals surface area contributed by atoms with E-state index < -0.39 is 0 Å². The van der Waals surface area contributed by atoms with Crippen molar-refractivity contribution in [3.8, 4) is 11.5 Å². The van der Waals surface area contributed by atoms with Crippen LogP contribution in [0.25, 0.3) is 0 Å². The van der Waals surface area contributed by atoms with Crippen LogP contribution in [0.5, 0.6) is 11.5 Å². The molecule has 0 saturated carbocycles. The molecule has 0 aliphatic heterocycles. The largest absolute Gasteiger partial charge is 0.490 e. The van der Waals surface area contributed by atoms with Gasteiger partial charge in [0.1, 0.15) is 12.4 Å². The van der Waals surface area contributed by atoms with Gasteiger partial charge >= 0.3 is 0 Å². The quantitative estimate of drug-likeness (QED) is 0.423. The third-order valence-corrected chi connectivity index (χ3v) is 4.31. The maximum Gasteiger partial charge on any atom is 0.175 e. The van der Waals surface area contributed by atoms with Gasteiger partial charge in [-0.15, -0.1) is 6.58 Å². The highest BCUT2D eigenvalue weighted by atomic mass is 79.9. The molecule has 134 valence electrons. The number of benzene rings is 2. The predicted molar refractivity (Wildman–Crippen MR) is 103 cm³/mol. The van der Waals surface area contributed by atoms with E-state index in [0.29, 0.717) is 35.2 Å². The van der Waals surface area contributed by atoms with Crippen LogP contribution in [-0.4, -0.2) is 13.2 Å². The van der Waals surface area contributed by atoms with Crippen molar-refractivity contribution >= 4 is 27.5 Å². The molecule has 0 saturated heterocycles. The number of rotatable bonds is 9. The number of halogens is 3. The molecule has 0 radical (unpaired) electrons. The number of ether oxygens (including phenoxy) is 2. The Hall–Kier alpha value is -1.56. The molecule has 0 heterocycles. The minimum atomic E-state index is -0.374. The van der Waals surface area contributed by atoms with Crippen LogP contribution in [0.3, 0.4) is 0 Å². The molecule has 0 bridgehead atoms. The summed E-state index contributed by atoms with van der Waals surface area (Å²) in [5, 5.41) is 3.58. The Labute approximate surface area is 160 Å². The summed E-state index contributed by atoms with van der Waals surface area (Å²) in [7, 11) is 0. The molecule has 2 aromatic rings. The molecule has 25 heavy (non-hydrogen) atoms. The Morgan fingerprint density at radius 2 is 2.08 bits per heavy atom. The van der Waals surface area contributed by atoms with E-state index in [0.717, 1.165) is 16.6 Å². The van der Waals surface area contributed by atoms with Crippen molar-refractivity contribution in [1.82, 2.24) is 5.32 Å². The van der Waals surface area contributed by atoms with Gasteiger partial charge in [0.05, 0.1) is 16.1 Å². The lowest BCUT2D eigenvalue weighted by atomic mass is 10.2. The molecule has 1 N–H and O–H groups in total. The van der Waals surface area contributed by atoms with Gasteiger partial charge in [-0.1, -0.05) is 23.7 Å². The first-order chi connectivity index (χ1) is 12.0. The Bertz CT molecular complexity index is 740. The van der Waals surface area contributed by atoms with Crippen LogP contribution in [0.4, 0.5) is 4.39 Å². The first kappa shape index (κ1) is 19.8. The van der Waals surface area contributed by atoms with E-state index in [1.807, 2.05) is 25.1 Å². The van der Waals surface area contributed by atoms with E-state index in [-0.39, 0.29) is 12.4 Å². The molecule has 2 aromatic carbocycles. The fraction of sp³-hybridized carbons (Fsp3) is 0.263. The highest BCUT2D eigenvalue weighted by Crippen LogP contribution is 2.37. The Morgan fingerprint density at radius 3 is 2.76 bits per heavy atom. The van der Waals surface area contributed by atoms with Gasteiger partial charge in [0, 0.05) is 18.7 Å². The third kappa shape index (κ3) is 5.73. The number of hydrogen-bond donors (Lipinski definition) is 1. The van der Waals surface area contributed by atoms with Crippen LogP contribution >= 0.6 is 27.5 Å². The zero-order chi connectivity index (χ0) is 18.2. The zero-order valence-corrected chi connectivity index (χ0v) is 16.3. The maximum atomic E-state index is 13.1. The molecule has 0 aromatic heterocycles. The van der Waals surface area contributed by atoms with Gasteiger partial charge in [-0.2, -0.15) is 0 Å². The van der Waals surface area contributed by atoms with E-state index >= 15 is 0 Å². The van der Waals surface area contributed by atoms with Crippen LogP contribution in [0.2, 0.25) is 5.02 Å². The molecule has 0 aliphatic rings. The highest BCUT2D eigenvalue weighted by molar-refractivity contribution is 9.10. The summed E-state index contributed by atoms with van der Waals surface area (Å²) >= 11 is 9.59. The second-order valence-electron chi connectivity index (χ2n) is 5.28. The highest BCUT2D eigenvalue weighted by Gasteiger charge is 2.13. The van der Waals surface area contributed by atoms with Gasteiger partial charge < -0.3 is 14.8 Å². The summed E-state index contributed by atoms with van der Waals surface area (Å²) in [6.07, 6.45) is 1.81. The predicted octanol–water partition coefficient (Wildman–Crippen LogP) is 5.49. The van der Waals surface area contributed by atoms with Crippen molar-refractivity contribution in [2.75, 3.05) is 13.2 Å². The van der Waals surface area contributed by atoms with Crippen molar-refractivity contribution in [3.63, 3.8) is 0 Å². The Kier molecular flexibility index (Phi) is 7.75. The summed E-state index contributed by atoms with van der Waals surface area (Å²) in [4.78, 5) is 0. The lowest BCUT2D eigenvalue weighted by Crippen LogP contribution is -2.13. The number of nitrogens with one attached hydrogen (secondary N) is 1. The molecule has 0 atom stereocenters. The topological polar surface area (TPSA) is 30.5 Å². The van der Waals surface area contributed by atoms with Crippen LogP contribution < -0.4 is 14.8 Å². The summed E-state index contributed by atoms with van der Waals surface area (Å²) in [5.74, 6) is 0.863. The van der Waals surface area contributed by atoms with Crippen LogP contribution in [0, 0.1) is 5.82 Å². The molecule has 0 fully saturated rings. The van der Waals surface area contributed by atoms with E-state index in [1.165, 1.54) is 12.1 Å². The summed E-state index contributed by atoms with van der Waals surface area (Å²) in [6, 6.07) is 8.15. The second kappa shape index (κ2) is 9.80. The first-order valence-corrected chi connectivity index (χ1v) is 9.05. The van der Waals surface area contributed by atoms with Gasteiger partial charge in [0.15, 0.2) is 11.5 Å². The van der Waals surface area contributed by atoms with E-state index in [2.05, 4.69) is 27.8 Å². The molecule has 0 amide bonds. The number of hydrogen-bond acceptors (Lipinski definition) is 3. The van der Waals surface area contributed by atoms with Gasteiger partial charge in [0.25, 0.3) is 0 Å². The third-order valence-electron chi connectivity index (χ3n) is 3.37. The minimum absolute atomic E-state index is 0.214. The van der Waals surface area contributed by atoms with Gasteiger partial charge in [-0.3, -0.25) is 0 Å². The zero-order valence-electron chi connectivity index (χ0n) is 14.0. The molecule has 0 spiro atoms. The molecule has 0 aliphatic carbocycles. The molecular formula is C19H20BrClFNO2. The monoisotopic (exact) mass is 427 g/mol. The average molecular weight is 429 g/mol. The van der Waals surface area contributed by atoms with Crippen molar-refractivity contribution < 1.29 is 13.9 Å². The first-order valence-electron chi connectivity index (χ1n) is 7.88. The van der Waals surface area contributed by atoms with Crippen molar-refractivity contribution in [1.29, 1.82) is 0 Å². The van der Waals surface area contributed by atoms with Gasteiger partial charge in [-0.25, -0.2) is 4.39 Å². The lowest BCUT2D eigenvalue weighted by Gasteiger charge is -2.16. The van der Waals surface area contributed by atoms with Crippen molar-refractivity contribution in [2.24, 2.45) is 0 Å². The minimum Gasteiger partial charge on any atom is -0.490 e. The normalized spacial score (nSPS) is 10.6. The van der Waals surface area contributed by atoms with Crippen molar-refractivity contribution in [2.45, 2.75) is 20.1 Å². The van der Waals surface area contributed by atoms with E-state index in [1.54, 1.807) is 6.07 Å². The summed E-state index contributed by atoms with van der Waals surface area (Å²) in [5.41, 5.74) is 1.76. The summed E-state index contributed by atoms with van der Waals surface area (Å²) < 4.78 is 25.5. The summed E-state index contributed by atoms with van der Waals surface area (Å²) in [6.45, 7) is 7.75. The molecule has 2 rings (SSSR count). The molecular weight excluding hydrogens is 409 g/mol. The fourth-order valence-corrected chi connectivity index (χ4v) is 3.06. The van der Waals surface area contributed by atoms with Crippen LogP contribution in [0.1, 0.15) is 18.1 Å². The van der Waals surface area contributed by atoms with Gasteiger partial charge in [0.2, 0.25) is 0 Å². The fourth-order valence-electron chi connectivity index (χ4n) is 2.23. The molecule has 6 heteroatoms. The van der Waals surface area contributed by atoms with Gasteiger partial charge in [-0.05, 0) is 52.7 Å². The molecule has 0 unspecified atom stereocenters. The molecule has 3 nitrogen and oxygen atoms in total.